The lowest BCUT2D eigenvalue weighted by Crippen LogP contribution is -2.18. The van der Waals surface area contributed by atoms with Crippen LogP contribution in [0.1, 0.15) is 19.3 Å². The van der Waals surface area contributed by atoms with E-state index in [9.17, 15) is 4.79 Å². The van der Waals surface area contributed by atoms with Gasteiger partial charge in [-0.05, 0) is 54.4 Å². The summed E-state index contributed by atoms with van der Waals surface area (Å²) in [6.07, 6.45) is 4.13. The largest absolute Gasteiger partial charge is 0.325 e. The second-order valence-corrected chi connectivity index (χ2v) is 7.03. The minimum absolute atomic E-state index is 0.262. The highest BCUT2D eigenvalue weighted by Gasteiger charge is 2.67. The molecule has 2 nitrogen and oxygen atoms in total. The van der Waals surface area contributed by atoms with Gasteiger partial charge in [0, 0.05) is 17.0 Å². The molecule has 0 spiro atoms. The van der Waals surface area contributed by atoms with Crippen molar-refractivity contribution in [2.75, 3.05) is 5.32 Å². The maximum Gasteiger partial charge on any atom is 0.228 e. The fourth-order valence-corrected chi connectivity index (χ4v) is 5.23. The van der Waals surface area contributed by atoms with Crippen molar-refractivity contribution < 1.29 is 4.79 Å². The van der Waals surface area contributed by atoms with E-state index in [1.54, 1.807) is 0 Å². The Balaban J connectivity index is 1.41. The van der Waals surface area contributed by atoms with Gasteiger partial charge in [0.05, 0.1) is 0 Å². The molecule has 3 aliphatic rings. The van der Waals surface area contributed by atoms with E-state index < -0.39 is 0 Å². The number of carbonyl (C=O) groups is 1. The predicted molar refractivity (Wildman–Crippen MR) is 83.9 cm³/mol. The van der Waals surface area contributed by atoms with Crippen LogP contribution in [0.15, 0.2) is 42.5 Å². The average Bonchev–Trinajstić information content (AvgIpc) is 2.96. The molecule has 1 unspecified atom stereocenters. The second kappa shape index (κ2) is 4.09. The van der Waals surface area contributed by atoms with Gasteiger partial charge in [-0.25, -0.2) is 0 Å². The third-order valence-electron chi connectivity index (χ3n) is 6.09. The van der Waals surface area contributed by atoms with Gasteiger partial charge >= 0.3 is 0 Å². The van der Waals surface area contributed by atoms with E-state index in [4.69, 9.17) is 0 Å². The van der Waals surface area contributed by atoms with Gasteiger partial charge in [-0.1, -0.05) is 36.4 Å². The Labute approximate surface area is 124 Å². The Morgan fingerprint density at radius 1 is 0.952 bits per heavy atom. The summed E-state index contributed by atoms with van der Waals surface area (Å²) in [5, 5.41) is 5.53. The first-order valence-corrected chi connectivity index (χ1v) is 8.11. The molecule has 3 saturated carbocycles. The van der Waals surface area contributed by atoms with Crippen LogP contribution in [0.4, 0.5) is 5.69 Å². The number of rotatable bonds is 2. The van der Waals surface area contributed by atoms with Crippen LogP contribution in [0.2, 0.25) is 0 Å². The molecule has 2 bridgehead atoms. The number of nitrogens with one attached hydrogen (secondary N) is 1. The molecule has 2 heteroatoms. The third-order valence-corrected chi connectivity index (χ3v) is 6.09. The highest BCUT2D eigenvalue weighted by atomic mass is 16.2. The van der Waals surface area contributed by atoms with Crippen molar-refractivity contribution in [3.05, 3.63) is 42.5 Å². The van der Waals surface area contributed by atoms with Crippen LogP contribution in [0.5, 0.6) is 0 Å². The Kier molecular flexibility index (Phi) is 2.30. The van der Waals surface area contributed by atoms with Gasteiger partial charge in [-0.2, -0.15) is 0 Å². The second-order valence-electron chi connectivity index (χ2n) is 7.03. The van der Waals surface area contributed by atoms with E-state index in [1.165, 1.54) is 24.6 Å². The van der Waals surface area contributed by atoms with Gasteiger partial charge in [0.25, 0.3) is 0 Å². The lowest BCUT2D eigenvalue weighted by molar-refractivity contribution is -0.118. The first-order chi connectivity index (χ1) is 10.3. The summed E-state index contributed by atoms with van der Waals surface area (Å²) in [6.45, 7) is 0. The van der Waals surface area contributed by atoms with Crippen LogP contribution in [0.3, 0.4) is 0 Å². The van der Waals surface area contributed by atoms with Crippen LogP contribution >= 0.6 is 0 Å². The van der Waals surface area contributed by atoms with Gasteiger partial charge in [-0.3, -0.25) is 4.79 Å². The first kappa shape index (κ1) is 11.8. The third kappa shape index (κ3) is 1.62. The zero-order valence-electron chi connectivity index (χ0n) is 12.0. The molecule has 0 saturated heterocycles. The lowest BCUT2D eigenvalue weighted by atomic mass is 10.0. The average molecular weight is 277 g/mol. The van der Waals surface area contributed by atoms with Crippen molar-refractivity contribution in [3.63, 3.8) is 0 Å². The summed E-state index contributed by atoms with van der Waals surface area (Å²) in [5.74, 6) is 3.68. The molecular weight excluding hydrogens is 258 g/mol. The highest BCUT2D eigenvalue weighted by molar-refractivity contribution is 6.03. The minimum Gasteiger partial charge on any atom is -0.325 e. The number of benzene rings is 2. The molecule has 2 aromatic rings. The molecule has 3 fully saturated rings. The number of hydrogen-bond donors (Lipinski definition) is 1. The van der Waals surface area contributed by atoms with Crippen LogP contribution in [-0.4, -0.2) is 5.91 Å². The summed E-state index contributed by atoms with van der Waals surface area (Å²) >= 11 is 0. The van der Waals surface area contributed by atoms with Crippen molar-refractivity contribution in [2.24, 2.45) is 29.6 Å². The Morgan fingerprint density at radius 3 is 2.48 bits per heavy atom. The molecule has 21 heavy (non-hydrogen) atoms. The Bertz CT molecular complexity index is 716. The number of amides is 1. The smallest absolute Gasteiger partial charge is 0.228 e. The molecule has 0 radical (unpaired) electrons. The SMILES string of the molecule is O=C(Nc1cccc2ccccc12)C1[C@@H]2[C@@H]3CC[C@H](C3)[C@H]12. The van der Waals surface area contributed by atoms with E-state index in [0.29, 0.717) is 17.8 Å². The number of fused-ring (bicyclic) bond motifs is 6. The van der Waals surface area contributed by atoms with Gasteiger partial charge in [0.2, 0.25) is 5.91 Å². The van der Waals surface area contributed by atoms with Crippen LogP contribution in [0, 0.1) is 29.6 Å². The van der Waals surface area contributed by atoms with Crippen molar-refractivity contribution in [1.29, 1.82) is 0 Å². The van der Waals surface area contributed by atoms with Crippen molar-refractivity contribution in [1.82, 2.24) is 0 Å². The summed E-state index contributed by atoms with van der Waals surface area (Å²) in [6, 6.07) is 14.4. The molecular formula is C19H19NO. The zero-order valence-corrected chi connectivity index (χ0v) is 12.0. The van der Waals surface area contributed by atoms with Gasteiger partial charge < -0.3 is 5.32 Å². The summed E-state index contributed by atoms with van der Waals surface area (Å²) in [4.78, 5) is 12.6. The normalized spacial score (nSPS) is 35.7. The van der Waals surface area contributed by atoms with Gasteiger partial charge in [0.15, 0.2) is 0 Å². The monoisotopic (exact) mass is 277 g/mol. The Morgan fingerprint density at radius 2 is 1.67 bits per heavy atom. The molecule has 5 atom stereocenters. The fourth-order valence-electron chi connectivity index (χ4n) is 5.23. The fraction of sp³-hybridized carbons (Fsp3) is 0.421. The first-order valence-electron chi connectivity index (χ1n) is 8.11. The highest BCUT2D eigenvalue weighted by Crippen LogP contribution is 2.69. The zero-order chi connectivity index (χ0) is 14.0. The van der Waals surface area contributed by atoms with E-state index in [1.807, 2.05) is 24.3 Å². The summed E-state index contributed by atoms with van der Waals surface area (Å²) in [7, 11) is 0. The van der Waals surface area contributed by atoms with Crippen LogP contribution < -0.4 is 5.32 Å². The van der Waals surface area contributed by atoms with Crippen molar-refractivity contribution >= 4 is 22.4 Å². The molecule has 0 aliphatic heterocycles. The molecule has 5 rings (SSSR count). The van der Waals surface area contributed by atoms with Crippen molar-refractivity contribution in [2.45, 2.75) is 19.3 Å². The van der Waals surface area contributed by atoms with E-state index in [2.05, 4.69) is 23.5 Å². The molecule has 0 aromatic heterocycles. The molecule has 1 N–H and O–H groups in total. The lowest BCUT2D eigenvalue weighted by Gasteiger charge is -2.11. The van der Waals surface area contributed by atoms with Crippen molar-refractivity contribution in [3.8, 4) is 0 Å². The summed E-state index contributed by atoms with van der Waals surface area (Å²) in [5.41, 5.74) is 0.968. The topological polar surface area (TPSA) is 29.1 Å². The van der Waals surface area contributed by atoms with E-state index in [-0.39, 0.29) is 5.91 Å². The molecule has 0 heterocycles. The molecule has 2 aromatic carbocycles. The standard InChI is InChI=1S/C19H19NO/c21-19(18-16-12-8-9-13(10-12)17(16)18)20-15-7-3-5-11-4-1-2-6-14(11)15/h1-7,12-13,16-18H,8-10H2,(H,20,21)/t12-,13-,16-,17+,18?/m1/s1. The number of carbonyl (C=O) groups excluding carboxylic acids is 1. The maximum atomic E-state index is 12.6. The maximum absolute atomic E-state index is 12.6. The number of hydrogen-bond acceptors (Lipinski definition) is 1. The summed E-state index contributed by atoms with van der Waals surface area (Å²) < 4.78 is 0. The molecule has 1 amide bonds. The minimum atomic E-state index is 0.262. The quantitative estimate of drug-likeness (QED) is 0.880. The molecule has 106 valence electrons. The van der Waals surface area contributed by atoms with E-state index in [0.717, 1.165) is 22.9 Å². The Hall–Kier alpha value is -1.83. The molecule has 3 aliphatic carbocycles. The van der Waals surface area contributed by atoms with Crippen LogP contribution in [0.25, 0.3) is 10.8 Å². The van der Waals surface area contributed by atoms with E-state index >= 15 is 0 Å². The van der Waals surface area contributed by atoms with Gasteiger partial charge in [0.1, 0.15) is 0 Å². The number of anilines is 1. The van der Waals surface area contributed by atoms with Gasteiger partial charge in [-0.15, -0.1) is 0 Å². The van der Waals surface area contributed by atoms with Crippen LogP contribution in [-0.2, 0) is 4.79 Å². The predicted octanol–water partition coefficient (Wildman–Crippen LogP) is 4.07.